The topological polar surface area (TPSA) is 66.8 Å². The number of hydrogen-bond acceptors (Lipinski definition) is 3. The molecule has 1 aliphatic heterocycles. The standard InChI is InChI=1S/C9H13NO4/c11-8(12)7-5-10(9(13)14-7)4-6-2-1-3-6/h6-7H,1-5H2,(H,11,12). The van der Waals surface area contributed by atoms with E-state index in [1.54, 1.807) is 0 Å². The number of carboxylic acids is 1. The molecule has 1 N–H and O–H groups in total. The van der Waals surface area contributed by atoms with Gasteiger partial charge in [0.2, 0.25) is 6.10 Å². The first-order valence-electron chi connectivity index (χ1n) is 4.85. The first-order valence-corrected chi connectivity index (χ1v) is 4.85. The molecule has 0 aromatic heterocycles. The summed E-state index contributed by atoms with van der Waals surface area (Å²) in [5.74, 6) is -0.510. The highest BCUT2D eigenvalue weighted by atomic mass is 16.6. The Morgan fingerprint density at radius 1 is 1.57 bits per heavy atom. The summed E-state index contributed by atoms with van der Waals surface area (Å²) in [4.78, 5) is 23.3. The van der Waals surface area contributed by atoms with Crippen LogP contribution in [0.25, 0.3) is 0 Å². The number of carbonyl (C=O) groups excluding carboxylic acids is 1. The summed E-state index contributed by atoms with van der Waals surface area (Å²) < 4.78 is 4.69. The number of cyclic esters (lactones) is 1. The van der Waals surface area contributed by atoms with Gasteiger partial charge in [-0.2, -0.15) is 0 Å². The molecule has 14 heavy (non-hydrogen) atoms. The molecule has 78 valence electrons. The Morgan fingerprint density at radius 2 is 2.29 bits per heavy atom. The van der Waals surface area contributed by atoms with Crippen LogP contribution in [0.1, 0.15) is 19.3 Å². The molecular weight excluding hydrogens is 186 g/mol. The summed E-state index contributed by atoms with van der Waals surface area (Å²) in [5, 5.41) is 8.65. The molecule has 1 aliphatic carbocycles. The zero-order valence-electron chi connectivity index (χ0n) is 7.81. The van der Waals surface area contributed by atoms with Crippen molar-refractivity contribution in [3.63, 3.8) is 0 Å². The molecule has 1 heterocycles. The highest BCUT2D eigenvalue weighted by Gasteiger charge is 2.37. The molecular formula is C9H13NO4. The summed E-state index contributed by atoms with van der Waals surface area (Å²) >= 11 is 0. The number of amides is 1. The van der Waals surface area contributed by atoms with E-state index in [0.29, 0.717) is 12.5 Å². The number of aliphatic carboxylic acids is 1. The molecule has 2 rings (SSSR count). The lowest BCUT2D eigenvalue weighted by Crippen LogP contribution is -2.34. The average Bonchev–Trinajstić information content (AvgIpc) is 2.40. The maximum atomic E-state index is 11.2. The molecule has 0 aromatic carbocycles. The van der Waals surface area contributed by atoms with Crippen LogP contribution in [-0.4, -0.2) is 41.3 Å². The van der Waals surface area contributed by atoms with E-state index in [-0.39, 0.29) is 6.54 Å². The lowest BCUT2D eigenvalue weighted by Gasteiger charge is -2.28. The third kappa shape index (κ3) is 1.66. The maximum absolute atomic E-state index is 11.2. The summed E-state index contributed by atoms with van der Waals surface area (Å²) in [6.45, 7) is 0.854. The van der Waals surface area contributed by atoms with Gasteiger partial charge in [0, 0.05) is 6.54 Å². The average molecular weight is 199 g/mol. The Labute approximate surface area is 81.6 Å². The smallest absolute Gasteiger partial charge is 0.410 e. The maximum Gasteiger partial charge on any atom is 0.410 e. The molecule has 1 saturated carbocycles. The van der Waals surface area contributed by atoms with Crippen molar-refractivity contribution in [3.05, 3.63) is 0 Å². The first kappa shape index (κ1) is 9.30. The summed E-state index contributed by atoms with van der Waals surface area (Å²) in [6, 6.07) is 0. The predicted octanol–water partition coefficient (Wildman–Crippen LogP) is 0.692. The molecule has 0 bridgehead atoms. The monoisotopic (exact) mass is 199 g/mol. The molecule has 5 heteroatoms. The van der Waals surface area contributed by atoms with Crippen molar-refractivity contribution in [2.45, 2.75) is 25.4 Å². The molecule has 2 fully saturated rings. The summed E-state index contributed by atoms with van der Waals surface area (Å²) in [5.41, 5.74) is 0. The van der Waals surface area contributed by atoms with E-state index in [0.717, 1.165) is 12.8 Å². The van der Waals surface area contributed by atoms with Gasteiger partial charge in [0.1, 0.15) is 0 Å². The van der Waals surface area contributed by atoms with Gasteiger partial charge in [-0.05, 0) is 18.8 Å². The Hall–Kier alpha value is -1.26. The normalized spacial score (nSPS) is 27.3. The molecule has 0 aromatic rings. The molecule has 5 nitrogen and oxygen atoms in total. The second-order valence-corrected chi connectivity index (χ2v) is 3.91. The fraction of sp³-hybridized carbons (Fsp3) is 0.778. The Bertz CT molecular complexity index is 262. The Morgan fingerprint density at radius 3 is 2.71 bits per heavy atom. The molecule has 0 spiro atoms. The SMILES string of the molecule is O=C(O)C1CN(CC2CCC2)C(=O)O1. The fourth-order valence-electron chi connectivity index (χ4n) is 1.77. The van der Waals surface area contributed by atoms with Crippen LogP contribution in [0.15, 0.2) is 0 Å². The Balaban J connectivity index is 1.87. The zero-order valence-corrected chi connectivity index (χ0v) is 7.81. The minimum atomic E-state index is -1.06. The third-order valence-corrected chi connectivity index (χ3v) is 2.87. The molecule has 1 amide bonds. The van der Waals surface area contributed by atoms with Crippen LogP contribution in [0.4, 0.5) is 4.79 Å². The number of hydrogen-bond donors (Lipinski definition) is 1. The van der Waals surface area contributed by atoms with E-state index in [2.05, 4.69) is 0 Å². The fourth-order valence-corrected chi connectivity index (χ4v) is 1.77. The largest absolute Gasteiger partial charge is 0.478 e. The van der Waals surface area contributed by atoms with E-state index in [1.807, 2.05) is 0 Å². The van der Waals surface area contributed by atoms with Crippen LogP contribution in [-0.2, 0) is 9.53 Å². The molecule has 1 saturated heterocycles. The van der Waals surface area contributed by atoms with Gasteiger partial charge in [0.25, 0.3) is 0 Å². The van der Waals surface area contributed by atoms with Gasteiger partial charge in [-0.25, -0.2) is 9.59 Å². The lowest BCUT2D eigenvalue weighted by molar-refractivity contribution is -0.144. The number of rotatable bonds is 3. The number of ether oxygens (including phenoxy) is 1. The van der Waals surface area contributed by atoms with Gasteiger partial charge < -0.3 is 14.7 Å². The van der Waals surface area contributed by atoms with E-state index in [9.17, 15) is 9.59 Å². The minimum absolute atomic E-state index is 0.199. The van der Waals surface area contributed by atoms with Crippen LogP contribution >= 0.6 is 0 Å². The van der Waals surface area contributed by atoms with Crippen molar-refractivity contribution in [1.29, 1.82) is 0 Å². The molecule has 2 aliphatic rings. The number of carboxylic acid groups (broad SMARTS) is 1. The van der Waals surface area contributed by atoms with Crippen LogP contribution in [0, 0.1) is 5.92 Å². The minimum Gasteiger partial charge on any atom is -0.478 e. The van der Waals surface area contributed by atoms with Gasteiger partial charge >= 0.3 is 12.1 Å². The zero-order chi connectivity index (χ0) is 10.1. The lowest BCUT2D eigenvalue weighted by atomic mass is 9.85. The van der Waals surface area contributed by atoms with E-state index < -0.39 is 18.2 Å². The Kier molecular flexibility index (Phi) is 2.31. The van der Waals surface area contributed by atoms with Gasteiger partial charge in [-0.15, -0.1) is 0 Å². The van der Waals surface area contributed by atoms with Crippen molar-refractivity contribution >= 4 is 12.1 Å². The van der Waals surface area contributed by atoms with Gasteiger partial charge in [-0.3, -0.25) is 0 Å². The molecule has 1 unspecified atom stereocenters. The highest BCUT2D eigenvalue weighted by molar-refractivity contribution is 5.81. The van der Waals surface area contributed by atoms with Crippen molar-refractivity contribution in [1.82, 2.24) is 4.90 Å². The molecule has 1 atom stereocenters. The first-order chi connectivity index (χ1) is 6.66. The van der Waals surface area contributed by atoms with Gasteiger partial charge in [0.05, 0.1) is 6.54 Å². The molecule has 0 radical (unpaired) electrons. The summed E-state index contributed by atoms with van der Waals surface area (Å²) in [7, 11) is 0. The quantitative estimate of drug-likeness (QED) is 0.726. The second-order valence-electron chi connectivity index (χ2n) is 3.91. The van der Waals surface area contributed by atoms with Crippen LogP contribution < -0.4 is 0 Å². The van der Waals surface area contributed by atoms with Gasteiger partial charge in [0.15, 0.2) is 0 Å². The van der Waals surface area contributed by atoms with Crippen LogP contribution in [0.5, 0.6) is 0 Å². The third-order valence-electron chi connectivity index (χ3n) is 2.87. The van der Waals surface area contributed by atoms with Crippen molar-refractivity contribution in [2.24, 2.45) is 5.92 Å². The number of carbonyl (C=O) groups is 2. The highest BCUT2D eigenvalue weighted by Crippen LogP contribution is 2.28. The predicted molar refractivity (Wildman–Crippen MR) is 46.8 cm³/mol. The van der Waals surface area contributed by atoms with Crippen molar-refractivity contribution in [2.75, 3.05) is 13.1 Å². The van der Waals surface area contributed by atoms with Crippen LogP contribution in [0.2, 0.25) is 0 Å². The van der Waals surface area contributed by atoms with Crippen molar-refractivity contribution in [3.8, 4) is 0 Å². The van der Waals surface area contributed by atoms with E-state index in [1.165, 1.54) is 11.3 Å². The van der Waals surface area contributed by atoms with Crippen LogP contribution in [0.3, 0.4) is 0 Å². The van der Waals surface area contributed by atoms with Gasteiger partial charge in [-0.1, -0.05) is 6.42 Å². The van der Waals surface area contributed by atoms with Crippen molar-refractivity contribution < 1.29 is 19.4 Å². The van der Waals surface area contributed by atoms with E-state index >= 15 is 0 Å². The van der Waals surface area contributed by atoms with E-state index in [4.69, 9.17) is 9.84 Å². The number of nitrogens with zero attached hydrogens (tertiary/aromatic N) is 1. The summed E-state index contributed by atoms with van der Waals surface area (Å²) in [6.07, 6.45) is 2.05. The second kappa shape index (κ2) is 3.48.